The zero-order chi connectivity index (χ0) is 13.4. The largest absolute Gasteiger partial charge is 0.348 e. The molecule has 5 heteroatoms. The molecule has 0 aromatic carbocycles. The number of H-pyrrole nitrogens is 1. The average Bonchev–Trinajstić information content (AvgIpc) is 2.84. The Bertz CT molecular complexity index is 513. The van der Waals surface area contributed by atoms with Gasteiger partial charge in [0.2, 0.25) is 0 Å². The Morgan fingerprint density at radius 1 is 1.21 bits per heavy atom. The second-order valence-electron chi connectivity index (χ2n) is 5.46. The number of carbonyl (C=O) groups is 2. The first-order valence-corrected chi connectivity index (χ1v) is 6.88. The number of nitrogens with one attached hydrogen (secondary N) is 1. The van der Waals surface area contributed by atoms with Crippen LogP contribution in [0.4, 0.5) is 0 Å². The molecule has 2 heterocycles. The van der Waals surface area contributed by atoms with Crippen molar-refractivity contribution in [2.45, 2.75) is 19.3 Å². The molecule has 0 unspecified atom stereocenters. The first-order valence-electron chi connectivity index (χ1n) is 6.88. The summed E-state index contributed by atoms with van der Waals surface area (Å²) < 4.78 is 0. The highest BCUT2D eigenvalue weighted by Gasteiger charge is 2.25. The van der Waals surface area contributed by atoms with Gasteiger partial charge in [-0.1, -0.05) is 0 Å². The molecule has 1 fully saturated rings. The molecule has 1 amide bonds. The molecular formula is C14H19N3O2. The maximum Gasteiger partial charge on any atom is 0.270 e. The van der Waals surface area contributed by atoms with E-state index in [4.69, 9.17) is 0 Å². The number of aromatic amines is 1. The summed E-state index contributed by atoms with van der Waals surface area (Å²) in [6.45, 7) is 3.33. The van der Waals surface area contributed by atoms with Crippen LogP contribution in [0.1, 0.15) is 39.4 Å². The predicted octanol–water partition coefficient (Wildman–Crippen LogP) is 0.921. The van der Waals surface area contributed by atoms with Crippen LogP contribution in [-0.4, -0.2) is 59.7 Å². The monoisotopic (exact) mass is 261 g/mol. The molecule has 3 rings (SSSR count). The number of aryl methyl sites for hydroxylation is 1. The number of nitrogens with zero attached hydrogens (tertiary/aromatic N) is 2. The molecule has 1 aliphatic heterocycles. The predicted molar refractivity (Wildman–Crippen MR) is 71.5 cm³/mol. The van der Waals surface area contributed by atoms with Gasteiger partial charge in [0.15, 0.2) is 5.78 Å². The Labute approximate surface area is 112 Å². The molecule has 0 spiro atoms. The average molecular weight is 261 g/mol. The SMILES string of the molecule is CN1CCN(C(=O)c2cc3c([nH]2)C(=O)CCC3)CC1. The number of aromatic nitrogens is 1. The van der Waals surface area contributed by atoms with Gasteiger partial charge in [-0.3, -0.25) is 9.59 Å². The van der Waals surface area contributed by atoms with E-state index in [2.05, 4.69) is 16.9 Å². The molecule has 0 radical (unpaired) electrons. The smallest absolute Gasteiger partial charge is 0.270 e. The fourth-order valence-electron chi connectivity index (χ4n) is 2.80. The van der Waals surface area contributed by atoms with Gasteiger partial charge in [0.05, 0.1) is 5.69 Å². The maximum atomic E-state index is 12.4. The molecule has 1 aliphatic carbocycles. The summed E-state index contributed by atoms with van der Waals surface area (Å²) in [7, 11) is 2.06. The third-order valence-electron chi connectivity index (χ3n) is 4.05. The molecule has 1 aromatic heterocycles. The lowest BCUT2D eigenvalue weighted by atomic mass is 9.97. The molecule has 1 aromatic rings. The van der Waals surface area contributed by atoms with Crippen LogP contribution in [0.3, 0.4) is 0 Å². The fraction of sp³-hybridized carbons (Fsp3) is 0.571. The summed E-state index contributed by atoms with van der Waals surface area (Å²) in [6, 6.07) is 1.87. The van der Waals surface area contributed by atoms with Crippen LogP contribution >= 0.6 is 0 Å². The summed E-state index contributed by atoms with van der Waals surface area (Å²) in [4.78, 5) is 31.3. The van der Waals surface area contributed by atoms with Crippen molar-refractivity contribution in [1.82, 2.24) is 14.8 Å². The Morgan fingerprint density at radius 2 is 1.95 bits per heavy atom. The molecule has 5 nitrogen and oxygen atoms in total. The molecule has 1 saturated heterocycles. The number of fused-ring (bicyclic) bond motifs is 1. The van der Waals surface area contributed by atoms with Crippen molar-refractivity contribution in [2.75, 3.05) is 33.2 Å². The van der Waals surface area contributed by atoms with Crippen molar-refractivity contribution in [3.05, 3.63) is 23.0 Å². The molecule has 0 saturated carbocycles. The van der Waals surface area contributed by atoms with Gasteiger partial charge in [0, 0.05) is 32.6 Å². The number of hydrogen-bond donors (Lipinski definition) is 1. The quantitative estimate of drug-likeness (QED) is 0.818. The van der Waals surface area contributed by atoms with Gasteiger partial charge >= 0.3 is 0 Å². The van der Waals surface area contributed by atoms with Gasteiger partial charge in [-0.05, 0) is 31.5 Å². The third-order valence-corrected chi connectivity index (χ3v) is 4.05. The lowest BCUT2D eigenvalue weighted by Crippen LogP contribution is -2.47. The number of likely N-dealkylation sites (N-methyl/N-ethyl adjacent to an activating group) is 1. The Kier molecular flexibility index (Phi) is 3.14. The minimum Gasteiger partial charge on any atom is -0.348 e. The van der Waals surface area contributed by atoms with Crippen molar-refractivity contribution in [1.29, 1.82) is 0 Å². The zero-order valence-electron chi connectivity index (χ0n) is 11.2. The number of hydrogen-bond acceptors (Lipinski definition) is 3. The number of Topliss-reactive ketones (excluding diaryl/α,β-unsaturated/α-hetero) is 1. The standard InChI is InChI=1S/C14H19N3O2/c1-16-5-7-17(8-6-16)14(19)11-9-10-3-2-4-12(18)13(10)15-11/h9,15H,2-8H2,1H3. The Hall–Kier alpha value is -1.62. The van der Waals surface area contributed by atoms with E-state index in [-0.39, 0.29) is 11.7 Å². The summed E-state index contributed by atoms with van der Waals surface area (Å²) in [6.07, 6.45) is 2.38. The van der Waals surface area contributed by atoms with E-state index in [0.717, 1.165) is 44.6 Å². The minimum absolute atomic E-state index is 0.0234. The fourth-order valence-corrected chi connectivity index (χ4v) is 2.80. The van der Waals surface area contributed by atoms with Crippen LogP contribution in [0.5, 0.6) is 0 Å². The van der Waals surface area contributed by atoms with Gasteiger partial charge < -0.3 is 14.8 Å². The topological polar surface area (TPSA) is 56.4 Å². The number of amides is 1. The van der Waals surface area contributed by atoms with E-state index in [9.17, 15) is 9.59 Å². The van der Waals surface area contributed by atoms with E-state index < -0.39 is 0 Å². The molecule has 1 N–H and O–H groups in total. The van der Waals surface area contributed by atoms with Gasteiger partial charge in [-0.25, -0.2) is 0 Å². The van der Waals surface area contributed by atoms with Crippen molar-refractivity contribution >= 4 is 11.7 Å². The van der Waals surface area contributed by atoms with Crippen LogP contribution in [0, 0.1) is 0 Å². The second-order valence-corrected chi connectivity index (χ2v) is 5.46. The molecule has 0 atom stereocenters. The second kappa shape index (κ2) is 4.81. The van der Waals surface area contributed by atoms with Gasteiger partial charge in [0.25, 0.3) is 5.91 Å². The van der Waals surface area contributed by atoms with Crippen LogP contribution < -0.4 is 0 Å². The summed E-state index contributed by atoms with van der Waals surface area (Å²) in [5.41, 5.74) is 2.24. The summed E-state index contributed by atoms with van der Waals surface area (Å²) in [5, 5.41) is 0. The van der Waals surface area contributed by atoms with Crippen molar-refractivity contribution in [3.63, 3.8) is 0 Å². The highest BCUT2D eigenvalue weighted by molar-refractivity contribution is 6.00. The lowest BCUT2D eigenvalue weighted by Gasteiger charge is -2.32. The molecular weight excluding hydrogens is 242 g/mol. The summed E-state index contributed by atoms with van der Waals surface area (Å²) >= 11 is 0. The van der Waals surface area contributed by atoms with Crippen molar-refractivity contribution < 1.29 is 9.59 Å². The molecule has 2 aliphatic rings. The van der Waals surface area contributed by atoms with E-state index in [1.54, 1.807) is 0 Å². The Morgan fingerprint density at radius 3 is 2.63 bits per heavy atom. The highest BCUT2D eigenvalue weighted by atomic mass is 16.2. The van der Waals surface area contributed by atoms with Gasteiger partial charge in [0.1, 0.15) is 5.69 Å². The number of rotatable bonds is 1. The normalized spacial score (nSPS) is 20.5. The number of piperazine rings is 1. The van der Waals surface area contributed by atoms with Gasteiger partial charge in [-0.15, -0.1) is 0 Å². The third kappa shape index (κ3) is 2.30. The van der Waals surface area contributed by atoms with E-state index in [0.29, 0.717) is 17.8 Å². The minimum atomic E-state index is 0.0234. The summed E-state index contributed by atoms with van der Waals surface area (Å²) in [5.74, 6) is 0.161. The first-order chi connectivity index (χ1) is 9.15. The van der Waals surface area contributed by atoms with Crippen LogP contribution in [0.25, 0.3) is 0 Å². The van der Waals surface area contributed by atoms with E-state index in [1.807, 2.05) is 11.0 Å². The molecule has 102 valence electrons. The van der Waals surface area contributed by atoms with Crippen molar-refractivity contribution in [2.24, 2.45) is 0 Å². The molecule has 0 bridgehead atoms. The number of ketones is 1. The zero-order valence-corrected chi connectivity index (χ0v) is 11.2. The lowest BCUT2D eigenvalue weighted by molar-refractivity contribution is 0.0659. The van der Waals surface area contributed by atoms with Crippen LogP contribution in [0.2, 0.25) is 0 Å². The first kappa shape index (κ1) is 12.4. The van der Waals surface area contributed by atoms with E-state index in [1.165, 1.54) is 0 Å². The Balaban J connectivity index is 1.79. The van der Waals surface area contributed by atoms with Crippen molar-refractivity contribution in [3.8, 4) is 0 Å². The maximum absolute atomic E-state index is 12.4. The van der Waals surface area contributed by atoms with Gasteiger partial charge in [-0.2, -0.15) is 0 Å². The highest BCUT2D eigenvalue weighted by Crippen LogP contribution is 2.22. The van der Waals surface area contributed by atoms with E-state index >= 15 is 0 Å². The molecule has 19 heavy (non-hydrogen) atoms. The van der Waals surface area contributed by atoms with Crippen LogP contribution in [-0.2, 0) is 6.42 Å². The van der Waals surface area contributed by atoms with Crippen LogP contribution in [0.15, 0.2) is 6.07 Å². The number of carbonyl (C=O) groups excluding carboxylic acids is 2.